The Balaban J connectivity index is 1.75. The first-order chi connectivity index (χ1) is 13.0. The second kappa shape index (κ2) is 8.28. The van der Waals surface area contributed by atoms with Crippen LogP contribution in [0.1, 0.15) is 22.3 Å². The number of hydrogen-bond donors (Lipinski definition) is 0. The fourth-order valence-electron chi connectivity index (χ4n) is 3.05. The summed E-state index contributed by atoms with van der Waals surface area (Å²) in [5.41, 5.74) is 5.39. The maximum atomic E-state index is 7.17. The zero-order chi connectivity index (χ0) is 19.0. The fraction of sp³-hybridized carbons (Fsp3) is 0.200. The van der Waals surface area contributed by atoms with E-state index in [1.807, 2.05) is 45.3 Å². The standard InChI is InChI=1S/C20H22OS4Si2/c1-13-5-17(22-9-13)26(18-6-14(2)10-23-18)21-27(19-7-15(3)11-24-19)20-8-16(4)12-25-20/h5-12,26-27H,1-4H3. The van der Waals surface area contributed by atoms with Gasteiger partial charge in [0.05, 0.1) is 0 Å². The van der Waals surface area contributed by atoms with Gasteiger partial charge in [-0.2, -0.15) is 45.3 Å². The lowest BCUT2D eigenvalue weighted by atomic mass is 10.4. The van der Waals surface area contributed by atoms with Crippen molar-refractivity contribution in [2.75, 3.05) is 0 Å². The van der Waals surface area contributed by atoms with Crippen molar-refractivity contribution >= 4 is 81.4 Å². The van der Waals surface area contributed by atoms with E-state index in [1.54, 1.807) is 0 Å². The molecule has 0 amide bonds. The van der Waals surface area contributed by atoms with Crippen LogP contribution < -0.4 is 18.0 Å². The van der Waals surface area contributed by atoms with Gasteiger partial charge in [-0.25, -0.2) is 0 Å². The maximum Gasteiger partial charge on any atom is 0.249 e. The van der Waals surface area contributed by atoms with Crippen molar-refractivity contribution in [1.29, 1.82) is 0 Å². The molecule has 4 aromatic rings. The van der Waals surface area contributed by atoms with Gasteiger partial charge in [-0.15, -0.1) is 0 Å². The lowest BCUT2D eigenvalue weighted by molar-refractivity contribution is 0.637. The van der Waals surface area contributed by atoms with Crippen LogP contribution in [0.3, 0.4) is 0 Å². The highest BCUT2D eigenvalue weighted by atomic mass is 32.1. The van der Waals surface area contributed by atoms with Gasteiger partial charge in [0, 0.05) is 18.0 Å². The van der Waals surface area contributed by atoms with Gasteiger partial charge in [0.2, 0.25) is 18.1 Å². The highest BCUT2D eigenvalue weighted by molar-refractivity contribution is 7.33. The molecular formula is C20H22OS4Si2. The van der Waals surface area contributed by atoms with Crippen molar-refractivity contribution in [2.45, 2.75) is 27.7 Å². The molecule has 4 rings (SSSR count). The third-order valence-corrected chi connectivity index (χ3v) is 16.9. The largest absolute Gasteiger partial charge is 0.445 e. The van der Waals surface area contributed by atoms with Gasteiger partial charge in [0.25, 0.3) is 0 Å². The summed E-state index contributed by atoms with van der Waals surface area (Å²) in [6.07, 6.45) is 0. The molecule has 0 saturated carbocycles. The van der Waals surface area contributed by atoms with Crippen LogP contribution in [-0.4, -0.2) is 18.1 Å². The SMILES string of the molecule is Cc1csc([SiH](O[SiH](c2cc(C)cs2)c2cc(C)cs2)c2cc(C)cs2)c1. The quantitative estimate of drug-likeness (QED) is 0.398. The lowest BCUT2D eigenvalue weighted by Crippen LogP contribution is -2.53. The van der Waals surface area contributed by atoms with Gasteiger partial charge in [-0.05, 0) is 95.7 Å². The summed E-state index contributed by atoms with van der Waals surface area (Å²) in [6, 6.07) is 9.39. The van der Waals surface area contributed by atoms with Crippen LogP contribution in [0.4, 0.5) is 0 Å². The van der Waals surface area contributed by atoms with E-state index in [0.29, 0.717) is 0 Å². The van der Waals surface area contributed by atoms with E-state index >= 15 is 0 Å². The minimum absolute atomic E-state index is 1.35. The fourth-order valence-corrected chi connectivity index (χ4v) is 17.8. The Morgan fingerprint density at radius 3 is 0.963 bits per heavy atom. The molecule has 1 nitrogen and oxygen atoms in total. The van der Waals surface area contributed by atoms with Crippen molar-refractivity contribution in [3.8, 4) is 0 Å². The molecule has 27 heavy (non-hydrogen) atoms. The first-order valence-corrected chi connectivity index (χ1v) is 15.6. The molecule has 0 aliphatic heterocycles. The normalized spacial score (nSPS) is 11.8. The number of thiophene rings is 4. The third kappa shape index (κ3) is 4.45. The zero-order valence-electron chi connectivity index (χ0n) is 15.8. The second-order valence-corrected chi connectivity index (χ2v) is 17.5. The molecule has 0 radical (unpaired) electrons. The summed E-state index contributed by atoms with van der Waals surface area (Å²) in [5, 5.41) is 9.06. The van der Waals surface area contributed by atoms with Gasteiger partial charge < -0.3 is 4.12 Å². The van der Waals surface area contributed by atoms with Crippen molar-refractivity contribution < 1.29 is 4.12 Å². The summed E-state index contributed by atoms with van der Waals surface area (Å²) in [6.45, 7) is 8.74. The summed E-state index contributed by atoms with van der Waals surface area (Å²) in [7, 11) is -3.35. The highest BCUT2D eigenvalue weighted by Gasteiger charge is 2.30. The van der Waals surface area contributed by atoms with E-state index in [4.69, 9.17) is 4.12 Å². The summed E-state index contributed by atoms with van der Waals surface area (Å²) in [5.74, 6) is 0. The molecule has 0 fully saturated rings. The van der Waals surface area contributed by atoms with Crippen LogP contribution >= 0.6 is 45.3 Å². The number of aryl methyl sites for hydroxylation is 4. The van der Waals surface area contributed by atoms with Crippen molar-refractivity contribution in [3.63, 3.8) is 0 Å². The Kier molecular flexibility index (Phi) is 5.98. The second-order valence-electron chi connectivity index (χ2n) is 7.00. The minimum atomic E-state index is -1.68. The molecule has 4 aromatic heterocycles. The first-order valence-electron chi connectivity index (χ1n) is 8.85. The molecule has 140 valence electrons. The number of hydrogen-bond acceptors (Lipinski definition) is 5. The Hall–Kier alpha value is -0.806. The molecule has 0 bridgehead atoms. The van der Waals surface area contributed by atoms with Crippen LogP contribution in [0.25, 0.3) is 0 Å². The minimum Gasteiger partial charge on any atom is -0.445 e. The molecule has 0 aromatic carbocycles. The average molecular weight is 463 g/mol. The molecule has 4 heterocycles. The van der Waals surface area contributed by atoms with Crippen molar-refractivity contribution in [3.05, 3.63) is 68.0 Å². The third-order valence-electron chi connectivity index (χ3n) is 4.31. The predicted octanol–water partition coefficient (Wildman–Crippen LogP) is 3.56. The van der Waals surface area contributed by atoms with Crippen LogP contribution in [-0.2, 0) is 4.12 Å². The molecule has 0 saturated heterocycles. The summed E-state index contributed by atoms with van der Waals surface area (Å²) in [4.78, 5) is 0. The Morgan fingerprint density at radius 1 is 0.519 bits per heavy atom. The zero-order valence-corrected chi connectivity index (χ0v) is 21.4. The Labute approximate surface area is 180 Å². The Morgan fingerprint density at radius 2 is 0.778 bits per heavy atom. The van der Waals surface area contributed by atoms with Gasteiger partial charge >= 0.3 is 0 Å². The van der Waals surface area contributed by atoms with E-state index < -0.39 is 18.1 Å². The van der Waals surface area contributed by atoms with Gasteiger partial charge in [0.15, 0.2) is 0 Å². The molecule has 0 atom stereocenters. The first kappa shape index (κ1) is 19.5. The monoisotopic (exact) mass is 462 g/mol. The van der Waals surface area contributed by atoms with E-state index in [9.17, 15) is 0 Å². The topological polar surface area (TPSA) is 9.23 Å². The molecule has 0 aliphatic carbocycles. The van der Waals surface area contributed by atoms with Crippen LogP contribution in [0, 0.1) is 27.7 Å². The molecule has 0 unspecified atom stereocenters. The smallest absolute Gasteiger partial charge is 0.249 e. The average Bonchev–Trinajstić information content (AvgIpc) is 3.40. The summed E-state index contributed by atoms with van der Waals surface area (Å²) >= 11 is 7.51. The van der Waals surface area contributed by atoms with Crippen molar-refractivity contribution in [2.24, 2.45) is 0 Å². The van der Waals surface area contributed by atoms with Crippen molar-refractivity contribution in [1.82, 2.24) is 0 Å². The van der Waals surface area contributed by atoms with Crippen LogP contribution in [0.2, 0.25) is 0 Å². The van der Waals surface area contributed by atoms with Crippen LogP contribution in [0.15, 0.2) is 45.8 Å². The Bertz CT molecular complexity index is 879. The van der Waals surface area contributed by atoms with Gasteiger partial charge in [0.1, 0.15) is 0 Å². The van der Waals surface area contributed by atoms with Gasteiger partial charge in [-0.3, -0.25) is 0 Å². The highest BCUT2D eigenvalue weighted by Crippen LogP contribution is 2.14. The molecule has 7 heteroatoms. The van der Waals surface area contributed by atoms with E-state index in [0.717, 1.165) is 0 Å². The van der Waals surface area contributed by atoms with Gasteiger partial charge in [-0.1, -0.05) is 0 Å². The number of rotatable bonds is 6. The molecular weight excluding hydrogens is 441 g/mol. The van der Waals surface area contributed by atoms with Crippen LogP contribution in [0.5, 0.6) is 0 Å². The van der Waals surface area contributed by atoms with E-state index in [2.05, 4.69) is 73.5 Å². The predicted molar refractivity (Wildman–Crippen MR) is 130 cm³/mol. The molecule has 0 spiro atoms. The summed E-state index contributed by atoms with van der Waals surface area (Å²) < 4.78 is 13.0. The lowest BCUT2D eigenvalue weighted by Gasteiger charge is -2.21. The van der Waals surface area contributed by atoms with E-state index in [1.165, 1.54) is 40.3 Å². The maximum absolute atomic E-state index is 7.17. The van der Waals surface area contributed by atoms with E-state index in [-0.39, 0.29) is 0 Å². The molecule has 0 aliphatic rings. The molecule has 0 N–H and O–H groups in total.